The van der Waals surface area contributed by atoms with Gasteiger partial charge in [0.15, 0.2) is 0 Å². The summed E-state index contributed by atoms with van der Waals surface area (Å²) in [5, 5.41) is 0. The van der Waals surface area contributed by atoms with Crippen LogP contribution in [0.4, 0.5) is 0 Å². The summed E-state index contributed by atoms with van der Waals surface area (Å²) in [5.41, 5.74) is 0.296. The molecule has 0 saturated carbocycles. The molecule has 11 heavy (non-hydrogen) atoms. The summed E-state index contributed by atoms with van der Waals surface area (Å²) in [7, 11) is 0. The summed E-state index contributed by atoms with van der Waals surface area (Å²) in [6.07, 6.45) is 6.04. The van der Waals surface area contributed by atoms with Crippen LogP contribution in [0, 0.1) is 0 Å². The molecule has 4 heteroatoms. The largest absolute Gasteiger partial charge is 0.326 e. The molecule has 0 saturated heterocycles. The van der Waals surface area contributed by atoms with Crippen molar-refractivity contribution in [2.45, 2.75) is 0 Å². The fourth-order valence-corrected chi connectivity index (χ4v) is 0.582. The van der Waals surface area contributed by atoms with Crippen molar-refractivity contribution < 1.29 is 4.79 Å². The van der Waals surface area contributed by atoms with Crippen LogP contribution in [-0.4, -0.2) is 16.3 Å². The number of carbonyl (C=O) groups is 1. The van der Waals surface area contributed by atoms with Gasteiger partial charge in [0.25, 0.3) is 5.56 Å². The maximum absolute atomic E-state index is 10.5. The molecule has 56 valence electrons. The Morgan fingerprint density at radius 2 is 2.36 bits per heavy atom. The minimum Gasteiger partial charge on any atom is -0.326 e. The van der Waals surface area contributed by atoms with Crippen LogP contribution in [0.25, 0.3) is 6.08 Å². The highest BCUT2D eigenvalue weighted by atomic mass is 16.1. The number of H-pyrrole nitrogens is 1. The molecule has 0 unspecified atom stereocenters. The van der Waals surface area contributed by atoms with Gasteiger partial charge in [-0.05, 0) is 12.2 Å². The molecule has 0 aromatic carbocycles. The smallest absolute Gasteiger partial charge is 0.266 e. The second kappa shape index (κ2) is 3.46. The maximum atomic E-state index is 10.5. The van der Waals surface area contributed by atoms with Crippen LogP contribution in [0.1, 0.15) is 5.69 Å². The number of rotatable bonds is 2. The van der Waals surface area contributed by atoms with E-state index in [2.05, 4.69) is 9.97 Å². The van der Waals surface area contributed by atoms with E-state index in [1.807, 2.05) is 0 Å². The van der Waals surface area contributed by atoms with E-state index in [4.69, 9.17) is 0 Å². The fraction of sp³-hybridized carbons (Fsp3) is 0. The van der Waals surface area contributed by atoms with Gasteiger partial charge >= 0.3 is 0 Å². The summed E-state index contributed by atoms with van der Waals surface area (Å²) in [5.74, 6) is 0. The fourth-order valence-electron chi connectivity index (χ4n) is 0.582. The first-order valence-corrected chi connectivity index (χ1v) is 2.99. The van der Waals surface area contributed by atoms with Gasteiger partial charge in [-0.15, -0.1) is 0 Å². The Morgan fingerprint density at radius 1 is 1.55 bits per heavy atom. The van der Waals surface area contributed by atoms with E-state index in [0.717, 1.165) is 6.20 Å². The van der Waals surface area contributed by atoms with Gasteiger partial charge in [-0.1, -0.05) is 0 Å². The number of aromatic amines is 1. The zero-order valence-corrected chi connectivity index (χ0v) is 5.65. The number of hydrogen-bond acceptors (Lipinski definition) is 3. The van der Waals surface area contributed by atoms with E-state index in [9.17, 15) is 9.59 Å². The standard InChI is InChI=1S/C7H6N2O2/c10-3-1-2-6-4-9-7(11)5-8-6/h1-5H,(H,9,11). The predicted octanol–water partition coefficient (Wildman–Crippen LogP) is -0.0180. The highest BCUT2D eigenvalue weighted by molar-refractivity contribution is 5.72. The van der Waals surface area contributed by atoms with Crippen LogP contribution in [0.15, 0.2) is 23.3 Å². The molecule has 0 aliphatic carbocycles. The molecule has 1 aromatic rings. The number of nitrogens with zero attached hydrogens (tertiary/aromatic N) is 1. The minimum atomic E-state index is -0.256. The van der Waals surface area contributed by atoms with E-state index in [1.54, 1.807) is 0 Å². The number of aldehydes is 1. The van der Waals surface area contributed by atoms with E-state index in [1.165, 1.54) is 18.3 Å². The average molecular weight is 150 g/mol. The Hall–Kier alpha value is -1.71. The highest BCUT2D eigenvalue weighted by Crippen LogP contribution is 1.89. The lowest BCUT2D eigenvalue weighted by Gasteiger charge is -1.86. The first kappa shape index (κ1) is 7.40. The minimum absolute atomic E-state index is 0.256. The normalized spacial score (nSPS) is 10.2. The second-order valence-corrected chi connectivity index (χ2v) is 1.83. The van der Waals surface area contributed by atoms with E-state index >= 15 is 0 Å². The molecule has 1 heterocycles. The molecule has 0 amide bonds. The summed E-state index contributed by atoms with van der Waals surface area (Å²) in [6.45, 7) is 0. The Morgan fingerprint density at radius 3 is 2.91 bits per heavy atom. The lowest BCUT2D eigenvalue weighted by Crippen LogP contribution is -2.04. The third kappa shape index (κ3) is 2.17. The van der Waals surface area contributed by atoms with Crippen LogP contribution < -0.4 is 5.56 Å². The average Bonchev–Trinajstić information content (AvgIpc) is 2.04. The van der Waals surface area contributed by atoms with Crippen molar-refractivity contribution in [3.8, 4) is 0 Å². The maximum Gasteiger partial charge on any atom is 0.266 e. The van der Waals surface area contributed by atoms with Crippen LogP contribution in [-0.2, 0) is 4.79 Å². The van der Waals surface area contributed by atoms with Crippen LogP contribution in [0.2, 0.25) is 0 Å². The van der Waals surface area contributed by atoms with Gasteiger partial charge in [-0.3, -0.25) is 9.59 Å². The van der Waals surface area contributed by atoms with Crippen molar-refractivity contribution >= 4 is 12.4 Å². The molecule has 0 atom stereocenters. The molecule has 0 bridgehead atoms. The molecule has 1 rings (SSSR count). The zero-order valence-electron chi connectivity index (χ0n) is 5.65. The molecule has 0 aliphatic heterocycles. The summed E-state index contributed by atoms with van der Waals surface area (Å²) < 4.78 is 0. The predicted molar refractivity (Wildman–Crippen MR) is 40.0 cm³/mol. The van der Waals surface area contributed by atoms with Crippen LogP contribution >= 0.6 is 0 Å². The molecular formula is C7H6N2O2. The Balaban J connectivity index is 2.90. The van der Waals surface area contributed by atoms with E-state index < -0.39 is 0 Å². The van der Waals surface area contributed by atoms with Crippen LogP contribution in [0.5, 0.6) is 0 Å². The van der Waals surface area contributed by atoms with Crippen molar-refractivity contribution in [2.24, 2.45) is 0 Å². The zero-order chi connectivity index (χ0) is 8.10. The van der Waals surface area contributed by atoms with E-state index in [-0.39, 0.29) is 5.56 Å². The highest BCUT2D eigenvalue weighted by Gasteiger charge is 1.85. The summed E-state index contributed by atoms with van der Waals surface area (Å²) >= 11 is 0. The Bertz CT molecular complexity index is 307. The Labute approximate surface area is 62.6 Å². The van der Waals surface area contributed by atoms with Gasteiger partial charge in [-0.2, -0.15) is 0 Å². The number of nitrogens with one attached hydrogen (secondary N) is 1. The molecule has 0 radical (unpaired) electrons. The van der Waals surface area contributed by atoms with E-state index in [0.29, 0.717) is 12.0 Å². The molecule has 1 N–H and O–H groups in total. The number of aromatic nitrogens is 2. The second-order valence-electron chi connectivity index (χ2n) is 1.83. The van der Waals surface area contributed by atoms with Gasteiger partial charge in [-0.25, -0.2) is 4.98 Å². The van der Waals surface area contributed by atoms with Gasteiger partial charge in [0.05, 0.1) is 11.9 Å². The first-order chi connectivity index (χ1) is 5.33. The van der Waals surface area contributed by atoms with Crippen LogP contribution in [0.3, 0.4) is 0 Å². The molecule has 1 aromatic heterocycles. The quantitative estimate of drug-likeness (QED) is 0.476. The molecule has 0 fully saturated rings. The topological polar surface area (TPSA) is 62.8 Å². The lowest BCUT2D eigenvalue weighted by molar-refractivity contribution is -0.104. The number of allylic oxidation sites excluding steroid dienone is 1. The number of carbonyl (C=O) groups excluding carboxylic acids is 1. The van der Waals surface area contributed by atoms with Crippen molar-refractivity contribution in [1.82, 2.24) is 9.97 Å². The van der Waals surface area contributed by atoms with Crippen molar-refractivity contribution in [1.29, 1.82) is 0 Å². The van der Waals surface area contributed by atoms with Gasteiger partial charge in [0.1, 0.15) is 6.29 Å². The van der Waals surface area contributed by atoms with Gasteiger partial charge in [0, 0.05) is 6.20 Å². The summed E-state index contributed by atoms with van der Waals surface area (Å²) in [6, 6.07) is 0. The van der Waals surface area contributed by atoms with Crippen molar-refractivity contribution in [2.75, 3.05) is 0 Å². The van der Waals surface area contributed by atoms with Crippen molar-refractivity contribution in [3.63, 3.8) is 0 Å². The molecule has 0 spiro atoms. The molecule has 0 aliphatic rings. The third-order valence-corrected chi connectivity index (χ3v) is 1.04. The van der Waals surface area contributed by atoms with Crippen molar-refractivity contribution in [3.05, 3.63) is 34.5 Å². The SMILES string of the molecule is O=CC=Cc1c[nH]c(=O)cn1. The third-order valence-electron chi connectivity index (χ3n) is 1.04. The monoisotopic (exact) mass is 150 g/mol. The number of hydrogen-bond donors (Lipinski definition) is 1. The van der Waals surface area contributed by atoms with Gasteiger partial charge in [0.2, 0.25) is 0 Å². The van der Waals surface area contributed by atoms with Gasteiger partial charge < -0.3 is 4.98 Å². The summed E-state index contributed by atoms with van der Waals surface area (Å²) in [4.78, 5) is 26.5. The molecular weight excluding hydrogens is 144 g/mol. The molecule has 4 nitrogen and oxygen atoms in total. The Kier molecular flexibility index (Phi) is 2.32. The lowest BCUT2D eigenvalue weighted by atomic mass is 10.4. The first-order valence-electron chi connectivity index (χ1n) is 2.99.